The lowest BCUT2D eigenvalue weighted by Crippen LogP contribution is -2.28. The van der Waals surface area contributed by atoms with Crippen LogP contribution < -0.4 is 10.9 Å². The van der Waals surface area contributed by atoms with Crippen LogP contribution in [0.1, 0.15) is 79.7 Å². The number of rotatable bonds is 7. The summed E-state index contributed by atoms with van der Waals surface area (Å²) in [6.45, 7) is 2.14. The van der Waals surface area contributed by atoms with Crippen LogP contribution in [0.5, 0.6) is 0 Å². The fourth-order valence-corrected chi connectivity index (χ4v) is 4.54. The quantitative estimate of drug-likeness (QED) is 0.712. The fourth-order valence-electron chi connectivity index (χ4n) is 4.25. The van der Waals surface area contributed by atoms with Gasteiger partial charge in [-0.3, -0.25) is 9.59 Å². The predicted molar refractivity (Wildman–Crippen MR) is 112 cm³/mol. The van der Waals surface area contributed by atoms with E-state index in [0.717, 1.165) is 65.9 Å². The molecule has 2 N–H and O–H groups in total. The van der Waals surface area contributed by atoms with Crippen LogP contribution in [0.4, 0.5) is 0 Å². The Labute approximate surface area is 170 Å². The highest BCUT2D eigenvalue weighted by Crippen LogP contribution is 2.39. The molecule has 1 aromatic heterocycles. The second kappa shape index (κ2) is 8.12. The molecule has 148 valence electrons. The zero-order valence-corrected chi connectivity index (χ0v) is 17.0. The van der Waals surface area contributed by atoms with E-state index in [9.17, 15) is 9.59 Å². The number of carbonyl (C=O) groups excluding carboxylic acids is 1. The number of aromatic nitrogens is 1. The average molecular weight is 399 g/mol. The van der Waals surface area contributed by atoms with E-state index in [1.807, 2.05) is 18.2 Å². The van der Waals surface area contributed by atoms with Crippen molar-refractivity contribution >= 4 is 17.5 Å². The third-order valence-electron chi connectivity index (χ3n) is 5.96. The molecule has 2 atom stereocenters. The largest absolute Gasteiger partial charge is 0.353 e. The first-order valence-corrected chi connectivity index (χ1v) is 10.7. The van der Waals surface area contributed by atoms with Gasteiger partial charge in [0.2, 0.25) is 5.91 Å². The summed E-state index contributed by atoms with van der Waals surface area (Å²) in [6, 6.07) is 10.4. The molecule has 1 amide bonds. The first-order valence-electron chi connectivity index (χ1n) is 10.4. The van der Waals surface area contributed by atoms with Crippen LogP contribution in [0.15, 0.2) is 35.1 Å². The first kappa shape index (κ1) is 19.3. The molecule has 0 radical (unpaired) electrons. The Bertz CT molecular complexity index is 932. The normalized spacial score (nSPS) is 20.2. The molecule has 1 saturated heterocycles. The number of hydrogen-bond donors (Lipinski definition) is 2. The Kier molecular flexibility index (Phi) is 5.58. The van der Waals surface area contributed by atoms with Gasteiger partial charge in [-0.15, -0.1) is 0 Å². The van der Waals surface area contributed by atoms with Gasteiger partial charge in [-0.05, 0) is 61.3 Å². The van der Waals surface area contributed by atoms with Crippen LogP contribution in [0.3, 0.4) is 0 Å². The smallest absolute Gasteiger partial charge is 0.251 e. The van der Waals surface area contributed by atoms with E-state index in [-0.39, 0.29) is 23.4 Å². The number of nitrogens with one attached hydrogen (secondary N) is 2. The lowest BCUT2D eigenvalue weighted by atomic mass is 9.87. The molecule has 2 aromatic rings. The van der Waals surface area contributed by atoms with Gasteiger partial charge in [0.1, 0.15) is 0 Å². The Hall–Kier alpha value is -2.07. The van der Waals surface area contributed by atoms with Crippen LogP contribution in [0, 0.1) is 0 Å². The first-order chi connectivity index (χ1) is 13.5. The molecule has 1 aliphatic carbocycles. The van der Waals surface area contributed by atoms with E-state index in [4.69, 9.17) is 11.6 Å². The van der Waals surface area contributed by atoms with E-state index in [1.54, 1.807) is 0 Å². The summed E-state index contributed by atoms with van der Waals surface area (Å²) in [6.07, 6.45) is 6.38. The van der Waals surface area contributed by atoms with E-state index in [2.05, 4.69) is 29.4 Å². The van der Waals surface area contributed by atoms with E-state index < -0.39 is 0 Å². The van der Waals surface area contributed by atoms with Gasteiger partial charge in [0, 0.05) is 34.7 Å². The molecule has 4 rings (SSSR count). The third-order valence-corrected chi connectivity index (χ3v) is 6.31. The van der Waals surface area contributed by atoms with Crippen molar-refractivity contribution in [2.45, 2.75) is 69.7 Å². The van der Waals surface area contributed by atoms with Crippen molar-refractivity contribution in [3.05, 3.63) is 68.1 Å². The van der Waals surface area contributed by atoms with Crippen LogP contribution in [0.25, 0.3) is 0 Å². The van der Waals surface area contributed by atoms with Gasteiger partial charge in [0.25, 0.3) is 5.56 Å². The zero-order valence-electron chi connectivity index (χ0n) is 16.3. The van der Waals surface area contributed by atoms with Gasteiger partial charge in [0.15, 0.2) is 0 Å². The number of aryl methyl sites for hydroxylation is 1. The number of aromatic amines is 1. The molecular formula is C23H27ClN2O2. The number of benzene rings is 1. The van der Waals surface area contributed by atoms with Crippen molar-refractivity contribution in [3.8, 4) is 0 Å². The number of amides is 1. The van der Waals surface area contributed by atoms with Crippen molar-refractivity contribution in [2.75, 3.05) is 0 Å². The number of halogens is 1. The molecule has 1 aliphatic heterocycles. The molecule has 2 fully saturated rings. The Balaban J connectivity index is 1.67. The third kappa shape index (κ3) is 4.17. The average Bonchev–Trinajstić information content (AvgIpc) is 3.43. The lowest BCUT2D eigenvalue weighted by molar-refractivity contribution is -0.119. The highest BCUT2D eigenvalue weighted by Gasteiger charge is 2.29. The fraction of sp³-hybridized carbons (Fsp3) is 0.478. The maximum Gasteiger partial charge on any atom is 0.251 e. The summed E-state index contributed by atoms with van der Waals surface area (Å²) >= 11 is 6.54. The van der Waals surface area contributed by atoms with Crippen LogP contribution in [0.2, 0.25) is 5.02 Å². The minimum absolute atomic E-state index is 0.00229. The predicted octanol–water partition coefficient (Wildman–Crippen LogP) is 4.66. The Morgan fingerprint density at radius 1 is 1.14 bits per heavy atom. The summed E-state index contributed by atoms with van der Waals surface area (Å²) in [7, 11) is 0. The summed E-state index contributed by atoms with van der Waals surface area (Å²) in [5.74, 6) is 0.531. The topological polar surface area (TPSA) is 62.0 Å². The van der Waals surface area contributed by atoms with Gasteiger partial charge >= 0.3 is 0 Å². The second-order valence-corrected chi connectivity index (χ2v) is 8.57. The zero-order chi connectivity index (χ0) is 19.7. The number of pyridine rings is 1. The van der Waals surface area contributed by atoms with Crippen molar-refractivity contribution < 1.29 is 4.79 Å². The van der Waals surface area contributed by atoms with Crippen LogP contribution in [-0.2, 0) is 11.2 Å². The maximum atomic E-state index is 12.6. The molecule has 1 unspecified atom stereocenters. The summed E-state index contributed by atoms with van der Waals surface area (Å²) in [5, 5.41) is 3.84. The van der Waals surface area contributed by atoms with E-state index in [1.165, 1.54) is 0 Å². The SMILES string of the molecule is CCCc1ccc(C(C[C@H]2CCC(=O)N2)c2ccc(C3CC3)c(=O)[nH]2)cc1Cl. The van der Waals surface area contributed by atoms with Crippen molar-refractivity contribution in [1.29, 1.82) is 0 Å². The molecule has 1 aromatic carbocycles. The minimum Gasteiger partial charge on any atom is -0.353 e. The Morgan fingerprint density at radius 2 is 1.96 bits per heavy atom. The van der Waals surface area contributed by atoms with Crippen molar-refractivity contribution in [2.24, 2.45) is 0 Å². The van der Waals surface area contributed by atoms with E-state index >= 15 is 0 Å². The van der Waals surface area contributed by atoms with E-state index in [0.29, 0.717) is 12.3 Å². The monoisotopic (exact) mass is 398 g/mol. The molecule has 2 aliphatic rings. The molecule has 28 heavy (non-hydrogen) atoms. The molecule has 0 bridgehead atoms. The summed E-state index contributed by atoms with van der Waals surface area (Å²) < 4.78 is 0. The van der Waals surface area contributed by atoms with Gasteiger partial charge in [-0.1, -0.05) is 43.1 Å². The minimum atomic E-state index is -0.00229. The number of H-pyrrole nitrogens is 1. The van der Waals surface area contributed by atoms with Gasteiger partial charge < -0.3 is 10.3 Å². The summed E-state index contributed by atoms with van der Waals surface area (Å²) in [4.78, 5) is 27.4. The van der Waals surface area contributed by atoms with Crippen molar-refractivity contribution in [1.82, 2.24) is 10.3 Å². The number of carbonyl (C=O) groups is 1. The summed E-state index contributed by atoms with van der Waals surface area (Å²) in [5.41, 5.74) is 4.05. The van der Waals surface area contributed by atoms with Crippen LogP contribution in [-0.4, -0.2) is 16.9 Å². The molecule has 1 saturated carbocycles. The molecule has 2 heterocycles. The van der Waals surface area contributed by atoms with Crippen molar-refractivity contribution in [3.63, 3.8) is 0 Å². The van der Waals surface area contributed by atoms with Crippen LogP contribution >= 0.6 is 11.6 Å². The number of hydrogen-bond acceptors (Lipinski definition) is 2. The highest BCUT2D eigenvalue weighted by atomic mass is 35.5. The molecule has 4 nitrogen and oxygen atoms in total. The lowest BCUT2D eigenvalue weighted by Gasteiger charge is -2.22. The second-order valence-electron chi connectivity index (χ2n) is 8.16. The Morgan fingerprint density at radius 3 is 2.57 bits per heavy atom. The standard InChI is InChI=1S/C23H27ClN2O2/c1-2-3-15-6-7-16(12-20(15)24)19(13-17-8-11-22(27)25-17)21-10-9-18(14-4-5-14)23(28)26-21/h6-7,9-10,12,14,17,19H,2-5,8,11,13H2,1H3,(H,25,27)(H,26,28)/t17-,19?/m1/s1. The maximum absolute atomic E-state index is 12.6. The van der Waals surface area contributed by atoms with Gasteiger partial charge in [-0.2, -0.15) is 0 Å². The molecule has 5 heteroatoms. The highest BCUT2D eigenvalue weighted by molar-refractivity contribution is 6.31. The molecular weight excluding hydrogens is 372 g/mol. The van der Waals surface area contributed by atoms with Gasteiger partial charge in [0.05, 0.1) is 0 Å². The molecule has 0 spiro atoms. The van der Waals surface area contributed by atoms with Gasteiger partial charge in [-0.25, -0.2) is 0 Å².